The summed E-state index contributed by atoms with van der Waals surface area (Å²) in [7, 11) is 0. The van der Waals surface area contributed by atoms with E-state index in [9.17, 15) is 9.59 Å². The molecule has 0 aromatic heterocycles. The summed E-state index contributed by atoms with van der Waals surface area (Å²) in [4.78, 5) is 25.0. The maximum Gasteiger partial charge on any atom is 0.255 e. The maximum atomic E-state index is 12.5. The first-order chi connectivity index (χ1) is 13.7. The standard InChI is InChI=1S/C24H18N2O2/c27-23(17-9-3-1-4-10-17)25-21-15-7-14-20-19(21)13-8-16-22(20)26-24(28)18-11-5-2-6-12-18/h1-16H,(H,25,27)(H,26,28). The Bertz CT molecular complexity index is 1050. The second kappa shape index (κ2) is 7.76. The Balaban J connectivity index is 1.65. The van der Waals surface area contributed by atoms with Gasteiger partial charge in [-0.05, 0) is 36.4 Å². The van der Waals surface area contributed by atoms with Gasteiger partial charge in [-0.15, -0.1) is 0 Å². The van der Waals surface area contributed by atoms with Crippen LogP contribution in [-0.2, 0) is 0 Å². The van der Waals surface area contributed by atoms with Gasteiger partial charge < -0.3 is 10.6 Å². The number of fused-ring (bicyclic) bond motifs is 1. The van der Waals surface area contributed by atoms with Gasteiger partial charge in [-0.2, -0.15) is 0 Å². The first-order valence-corrected chi connectivity index (χ1v) is 8.97. The number of hydrogen-bond donors (Lipinski definition) is 2. The Morgan fingerprint density at radius 1 is 0.464 bits per heavy atom. The van der Waals surface area contributed by atoms with Crippen molar-refractivity contribution in [2.24, 2.45) is 0 Å². The van der Waals surface area contributed by atoms with E-state index in [1.807, 2.05) is 72.8 Å². The molecule has 0 spiro atoms. The highest BCUT2D eigenvalue weighted by molar-refractivity contribution is 6.14. The zero-order valence-corrected chi connectivity index (χ0v) is 15.1. The lowest BCUT2D eigenvalue weighted by Crippen LogP contribution is -2.13. The van der Waals surface area contributed by atoms with Crippen LogP contribution in [0.4, 0.5) is 11.4 Å². The number of anilines is 2. The fraction of sp³-hybridized carbons (Fsp3) is 0. The molecule has 0 atom stereocenters. The van der Waals surface area contributed by atoms with Crippen LogP contribution in [0.25, 0.3) is 10.8 Å². The van der Waals surface area contributed by atoms with E-state index in [4.69, 9.17) is 0 Å². The SMILES string of the molecule is O=C(Nc1cccc2c(NC(=O)c3ccccc3)cccc12)c1ccccc1. The molecule has 0 bridgehead atoms. The highest BCUT2D eigenvalue weighted by atomic mass is 16.2. The van der Waals surface area contributed by atoms with Crippen molar-refractivity contribution in [3.8, 4) is 0 Å². The van der Waals surface area contributed by atoms with Crippen molar-refractivity contribution in [2.75, 3.05) is 10.6 Å². The summed E-state index contributed by atoms with van der Waals surface area (Å²) >= 11 is 0. The summed E-state index contributed by atoms with van der Waals surface area (Å²) in [6.45, 7) is 0. The van der Waals surface area contributed by atoms with Gasteiger partial charge in [0.1, 0.15) is 0 Å². The van der Waals surface area contributed by atoms with Gasteiger partial charge in [-0.1, -0.05) is 60.7 Å². The van der Waals surface area contributed by atoms with E-state index in [2.05, 4.69) is 10.6 Å². The van der Waals surface area contributed by atoms with E-state index in [0.717, 1.165) is 10.8 Å². The molecule has 0 radical (unpaired) electrons. The lowest BCUT2D eigenvalue weighted by Gasteiger charge is -2.13. The third kappa shape index (κ3) is 3.62. The highest BCUT2D eigenvalue weighted by Gasteiger charge is 2.11. The molecule has 0 saturated heterocycles. The van der Waals surface area contributed by atoms with Crippen molar-refractivity contribution >= 4 is 34.0 Å². The third-order valence-corrected chi connectivity index (χ3v) is 4.49. The lowest BCUT2D eigenvalue weighted by molar-refractivity contribution is 0.101. The minimum atomic E-state index is -0.174. The number of rotatable bonds is 4. The third-order valence-electron chi connectivity index (χ3n) is 4.49. The van der Waals surface area contributed by atoms with E-state index in [-0.39, 0.29) is 11.8 Å². The van der Waals surface area contributed by atoms with Gasteiger partial charge in [0.2, 0.25) is 0 Å². The second-order valence-electron chi connectivity index (χ2n) is 6.35. The number of nitrogens with one attached hydrogen (secondary N) is 2. The van der Waals surface area contributed by atoms with E-state index in [0.29, 0.717) is 22.5 Å². The summed E-state index contributed by atoms with van der Waals surface area (Å²) in [5, 5.41) is 7.64. The van der Waals surface area contributed by atoms with Crippen molar-refractivity contribution < 1.29 is 9.59 Å². The molecule has 2 N–H and O–H groups in total. The van der Waals surface area contributed by atoms with Gasteiger partial charge >= 0.3 is 0 Å². The van der Waals surface area contributed by atoms with Crippen molar-refractivity contribution in [2.45, 2.75) is 0 Å². The average Bonchev–Trinajstić information content (AvgIpc) is 2.75. The molecule has 0 fully saturated rings. The normalized spacial score (nSPS) is 10.4. The minimum Gasteiger partial charge on any atom is -0.321 e. The topological polar surface area (TPSA) is 58.2 Å². The lowest BCUT2D eigenvalue weighted by atomic mass is 10.1. The van der Waals surface area contributed by atoms with Crippen molar-refractivity contribution in [1.29, 1.82) is 0 Å². The van der Waals surface area contributed by atoms with Gasteiger partial charge in [0, 0.05) is 33.3 Å². The van der Waals surface area contributed by atoms with E-state index in [1.165, 1.54) is 0 Å². The molecule has 0 unspecified atom stereocenters. The molecule has 0 aliphatic carbocycles. The Hall–Kier alpha value is -3.92. The summed E-state index contributed by atoms with van der Waals surface area (Å²) in [5.41, 5.74) is 2.57. The van der Waals surface area contributed by atoms with Crippen LogP contribution in [0.2, 0.25) is 0 Å². The van der Waals surface area contributed by atoms with Crippen LogP contribution in [0.15, 0.2) is 97.1 Å². The smallest absolute Gasteiger partial charge is 0.255 e. The molecule has 4 aromatic carbocycles. The predicted octanol–water partition coefficient (Wildman–Crippen LogP) is 5.34. The molecule has 0 aliphatic heterocycles. The molecule has 28 heavy (non-hydrogen) atoms. The average molecular weight is 366 g/mol. The molecule has 4 heteroatoms. The Morgan fingerprint density at radius 3 is 1.25 bits per heavy atom. The molecule has 2 amide bonds. The molecule has 0 heterocycles. The van der Waals surface area contributed by atoms with E-state index < -0.39 is 0 Å². The van der Waals surface area contributed by atoms with Crippen LogP contribution >= 0.6 is 0 Å². The maximum absolute atomic E-state index is 12.5. The van der Waals surface area contributed by atoms with Gasteiger partial charge in [0.25, 0.3) is 11.8 Å². The summed E-state index contributed by atoms with van der Waals surface area (Å²) in [6, 6.07) is 29.4. The molecule has 4 nitrogen and oxygen atoms in total. The van der Waals surface area contributed by atoms with Gasteiger partial charge in [0.05, 0.1) is 0 Å². The summed E-state index contributed by atoms with van der Waals surface area (Å²) in [5.74, 6) is -0.348. The van der Waals surface area contributed by atoms with Crippen molar-refractivity contribution in [3.05, 3.63) is 108 Å². The van der Waals surface area contributed by atoms with E-state index >= 15 is 0 Å². The molecule has 0 saturated carbocycles. The highest BCUT2D eigenvalue weighted by Crippen LogP contribution is 2.30. The fourth-order valence-electron chi connectivity index (χ4n) is 3.10. The zero-order valence-electron chi connectivity index (χ0n) is 15.1. The molecular weight excluding hydrogens is 348 g/mol. The Kier molecular flexibility index (Phi) is 4.85. The first-order valence-electron chi connectivity index (χ1n) is 8.97. The van der Waals surface area contributed by atoms with Crippen LogP contribution in [0.3, 0.4) is 0 Å². The van der Waals surface area contributed by atoms with Crippen LogP contribution in [0.5, 0.6) is 0 Å². The number of carbonyl (C=O) groups is 2. The van der Waals surface area contributed by atoms with Crippen LogP contribution < -0.4 is 10.6 Å². The quantitative estimate of drug-likeness (QED) is 0.512. The molecular formula is C24H18N2O2. The number of benzene rings is 4. The van der Waals surface area contributed by atoms with Gasteiger partial charge in [-0.25, -0.2) is 0 Å². The summed E-state index contributed by atoms with van der Waals surface area (Å²) in [6.07, 6.45) is 0. The van der Waals surface area contributed by atoms with Crippen LogP contribution in [-0.4, -0.2) is 11.8 Å². The summed E-state index contributed by atoms with van der Waals surface area (Å²) < 4.78 is 0. The van der Waals surface area contributed by atoms with Gasteiger partial charge in [-0.3, -0.25) is 9.59 Å². The first kappa shape index (κ1) is 17.5. The largest absolute Gasteiger partial charge is 0.321 e. The molecule has 0 aliphatic rings. The second-order valence-corrected chi connectivity index (χ2v) is 6.35. The van der Waals surface area contributed by atoms with Crippen LogP contribution in [0, 0.1) is 0 Å². The molecule has 4 rings (SSSR count). The number of carbonyl (C=O) groups excluding carboxylic acids is 2. The van der Waals surface area contributed by atoms with E-state index in [1.54, 1.807) is 24.3 Å². The molecule has 136 valence electrons. The van der Waals surface area contributed by atoms with Crippen molar-refractivity contribution in [3.63, 3.8) is 0 Å². The minimum absolute atomic E-state index is 0.174. The monoisotopic (exact) mass is 366 g/mol. The predicted molar refractivity (Wildman–Crippen MR) is 113 cm³/mol. The Labute approximate surface area is 162 Å². The fourth-order valence-corrected chi connectivity index (χ4v) is 3.10. The number of hydrogen-bond acceptors (Lipinski definition) is 2. The van der Waals surface area contributed by atoms with Crippen LogP contribution in [0.1, 0.15) is 20.7 Å². The number of amides is 2. The molecule has 4 aromatic rings. The zero-order chi connectivity index (χ0) is 19.3. The van der Waals surface area contributed by atoms with Crippen molar-refractivity contribution in [1.82, 2.24) is 0 Å². The van der Waals surface area contributed by atoms with Gasteiger partial charge in [0.15, 0.2) is 0 Å². The Morgan fingerprint density at radius 2 is 0.857 bits per heavy atom.